The van der Waals surface area contributed by atoms with Crippen molar-refractivity contribution < 1.29 is 44.1 Å². The van der Waals surface area contributed by atoms with E-state index in [1.165, 1.54) is 0 Å². The van der Waals surface area contributed by atoms with Gasteiger partial charge in [0.05, 0.1) is 12.5 Å². The van der Waals surface area contributed by atoms with E-state index >= 15 is 0 Å². The maximum Gasteiger partial charge on any atom is 0.326 e. The third kappa shape index (κ3) is 16.2. The number of guanidine groups is 2. The van der Waals surface area contributed by atoms with E-state index in [2.05, 4.69) is 25.9 Å². The first kappa shape index (κ1) is 35.3. The number of carbonyl (C=O) groups is 6. The van der Waals surface area contributed by atoms with Gasteiger partial charge < -0.3 is 59.9 Å². The van der Waals surface area contributed by atoms with E-state index in [1.54, 1.807) is 0 Å². The smallest absolute Gasteiger partial charge is 0.326 e. The lowest BCUT2D eigenvalue weighted by atomic mass is 10.1. The molecule has 19 nitrogen and oxygen atoms in total. The second-order valence-corrected chi connectivity index (χ2v) is 8.56. The summed E-state index contributed by atoms with van der Waals surface area (Å²) in [4.78, 5) is 79.5. The highest BCUT2D eigenvalue weighted by molar-refractivity contribution is 5.95. The van der Waals surface area contributed by atoms with E-state index < -0.39 is 79.1 Å². The van der Waals surface area contributed by atoms with Crippen LogP contribution in [0.1, 0.15) is 44.9 Å². The van der Waals surface area contributed by atoms with Crippen LogP contribution in [0.2, 0.25) is 0 Å². The number of aliphatic carboxylic acids is 3. The maximum atomic E-state index is 12.9. The number of rotatable bonds is 20. The summed E-state index contributed by atoms with van der Waals surface area (Å²) in [5.74, 6) is -7.62. The Morgan fingerprint density at radius 1 is 0.625 bits per heavy atom. The van der Waals surface area contributed by atoms with Crippen molar-refractivity contribution in [2.45, 2.75) is 69.1 Å². The molecule has 0 aliphatic rings. The van der Waals surface area contributed by atoms with Crippen LogP contribution in [0.25, 0.3) is 0 Å². The Labute approximate surface area is 229 Å². The van der Waals surface area contributed by atoms with Crippen LogP contribution in [0.15, 0.2) is 9.98 Å². The van der Waals surface area contributed by atoms with Gasteiger partial charge >= 0.3 is 17.9 Å². The molecule has 40 heavy (non-hydrogen) atoms. The molecule has 0 radical (unpaired) electrons. The van der Waals surface area contributed by atoms with E-state index in [-0.39, 0.29) is 44.3 Å². The number of aliphatic imine (C=N–C) groups is 2. The molecule has 0 bridgehead atoms. The summed E-state index contributed by atoms with van der Waals surface area (Å²) in [5, 5.41) is 34.2. The summed E-state index contributed by atoms with van der Waals surface area (Å²) in [6, 6.07) is -5.86. The summed E-state index contributed by atoms with van der Waals surface area (Å²) in [7, 11) is 0. The van der Waals surface area contributed by atoms with Crippen LogP contribution in [-0.2, 0) is 28.8 Å². The molecule has 4 unspecified atom stereocenters. The normalized spacial score (nSPS) is 13.4. The zero-order chi connectivity index (χ0) is 30.8. The number of nitrogens with zero attached hydrogens (tertiary/aromatic N) is 2. The monoisotopic (exact) mass is 574 g/mol. The minimum atomic E-state index is -1.76. The number of nitrogens with one attached hydrogen (secondary N) is 3. The maximum absolute atomic E-state index is 12.9. The van der Waals surface area contributed by atoms with Gasteiger partial charge in [-0.05, 0) is 32.1 Å². The molecule has 16 N–H and O–H groups in total. The molecular formula is C21H38N10O9. The minimum Gasteiger partial charge on any atom is -0.481 e. The summed E-state index contributed by atoms with van der Waals surface area (Å²) >= 11 is 0. The van der Waals surface area contributed by atoms with Crippen molar-refractivity contribution in [3.05, 3.63) is 0 Å². The summed E-state index contributed by atoms with van der Waals surface area (Å²) < 4.78 is 0. The quantitative estimate of drug-likeness (QED) is 0.0369. The third-order valence-electron chi connectivity index (χ3n) is 5.16. The molecule has 4 atom stereocenters. The summed E-state index contributed by atoms with van der Waals surface area (Å²) in [6.45, 7) is 0.252. The van der Waals surface area contributed by atoms with Crippen LogP contribution < -0.4 is 44.6 Å². The molecule has 0 saturated heterocycles. The Morgan fingerprint density at radius 3 is 1.57 bits per heavy atom. The van der Waals surface area contributed by atoms with Gasteiger partial charge in [-0.25, -0.2) is 4.79 Å². The fourth-order valence-electron chi connectivity index (χ4n) is 3.16. The topological polar surface area (TPSA) is 354 Å². The van der Waals surface area contributed by atoms with Crippen molar-refractivity contribution in [2.24, 2.45) is 38.7 Å². The van der Waals surface area contributed by atoms with Crippen LogP contribution in [-0.4, -0.2) is 100 Å². The molecule has 0 aliphatic carbocycles. The highest BCUT2D eigenvalue weighted by Crippen LogP contribution is 2.05. The number of carboxylic acid groups (broad SMARTS) is 3. The molecule has 0 heterocycles. The predicted octanol–water partition coefficient (Wildman–Crippen LogP) is -4.70. The molecule has 0 saturated carbocycles. The molecular weight excluding hydrogens is 536 g/mol. The molecule has 0 aliphatic heterocycles. The fourth-order valence-corrected chi connectivity index (χ4v) is 3.16. The van der Waals surface area contributed by atoms with Crippen molar-refractivity contribution in [3.63, 3.8) is 0 Å². The summed E-state index contributed by atoms with van der Waals surface area (Å²) in [5.41, 5.74) is 26.6. The molecule has 226 valence electrons. The Morgan fingerprint density at radius 2 is 1.10 bits per heavy atom. The number of hydrogen-bond acceptors (Lipinski definition) is 9. The van der Waals surface area contributed by atoms with Crippen molar-refractivity contribution in [1.82, 2.24) is 16.0 Å². The third-order valence-corrected chi connectivity index (χ3v) is 5.16. The second-order valence-electron chi connectivity index (χ2n) is 8.56. The lowest BCUT2D eigenvalue weighted by molar-refractivity contribution is -0.143. The van der Waals surface area contributed by atoms with Crippen LogP contribution in [0.4, 0.5) is 0 Å². The summed E-state index contributed by atoms with van der Waals surface area (Å²) in [6.07, 6.45) is -1.47. The van der Waals surface area contributed by atoms with E-state index in [9.17, 15) is 39.0 Å². The Balaban J connectivity index is 5.51. The largest absolute Gasteiger partial charge is 0.481 e. The Bertz CT molecular complexity index is 965. The van der Waals surface area contributed by atoms with E-state index in [0.29, 0.717) is 6.42 Å². The molecule has 0 aromatic carbocycles. The van der Waals surface area contributed by atoms with E-state index in [0.717, 1.165) is 0 Å². The minimum absolute atomic E-state index is 0.0681. The highest BCUT2D eigenvalue weighted by atomic mass is 16.4. The van der Waals surface area contributed by atoms with Crippen molar-refractivity contribution in [2.75, 3.05) is 13.1 Å². The first-order valence-electron chi connectivity index (χ1n) is 12.1. The van der Waals surface area contributed by atoms with Crippen molar-refractivity contribution in [1.29, 1.82) is 0 Å². The number of nitrogens with two attached hydrogens (primary N) is 5. The van der Waals surface area contributed by atoms with Gasteiger partial charge in [0.1, 0.15) is 18.1 Å². The Hall–Kier alpha value is -4.68. The lowest BCUT2D eigenvalue weighted by Gasteiger charge is -2.24. The van der Waals surface area contributed by atoms with Gasteiger partial charge in [0.15, 0.2) is 11.9 Å². The first-order valence-corrected chi connectivity index (χ1v) is 12.1. The van der Waals surface area contributed by atoms with Gasteiger partial charge in [0.2, 0.25) is 17.7 Å². The zero-order valence-electron chi connectivity index (χ0n) is 21.7. The zero-order valence-corrected chi connectivity index (χ0v) is 21.7. The number of amides is 3. The SMILES string of the molecule is NC(N)=NCCCC(N)C(=O)NC(CCC(=O)O)C(=O)NC(CC(=O)O)C(=O)NC(CCCN=C(N)N)C(=O)O. The van der Waals surface area contributed by atoms with E-state index in [4.69, 9.17) is 33.8 Å². The fraction of sp³-hybridized carbons (Fsp3) is 0.619. The van der Waals surface area contributed by atoms with Gasteiger partial charge in [-0.3, -0.25) is 34.0 Å². The number of hydrogen-bond donors (Lipinski definition) is 11. The van der Waals surface area contributed by atoms with Gasteiger partial charge in [-0.1, -0.05) is 0 Å². The molecule has 19 heteroatoms. The number of carbonyl (C=O) groups excluding carboxylic acids is 3. The lowest BCUT2D eigenvalue weighted by Crippen LogP contribution is -2.57. The standard InChI is InChI=1S/C21H38N10O9/c22-10(3-1-7-27-20(23)24)16(36)29-11(5-6-14(32)33)17(37)31-13(9-15(34)35)18(38)30-12(19(39)40)4-2-8-28-21(25)26/h10-13H,1-9,22H2,(H,29,36)(H,30,38)(H,31,37)(H,32,33)(H,34,35)(H,39,40)(H4,23,24,27)(H4,25,26,28). The van der Waals surface area contributed by atoms with Gasteiger partial charge in [-0.15, -0.1) is 0 Å². The molecule has 3 amide bonds. The van der Waals surface area contributed by atoms with Crippen LogP contribution in [0, 0.1) is 0 Å². The average molecular weight is 575 g/mol. The highest BCUT2D eigenvalue weighted by Gasteiger charge is 2.31. The second kappa shape index (κ2) is 18.6. The van der Waals surface area contributed by atoms with Crippen LogP contribution >= 0.6 is 0 Å². The predicted molar refractivity (Wildman–Crippen MR) is 140 cm³/mol. The van der Waals surface area contributed by atoms with Gasteiger partial charge in [0.25, 0.3) is 0 Å². The first-order chi connectivity index (χ1) is 18.6. The van der Waals surface area contributed by atoms with Crippen molar-refractivity contribution >= 4 is 47.5 Å². The van der Waals surface area contributed by atoms with Crippen LogP contribution in [0.3, 0.4) is 0 Å². The number of carboxylic acids is 3. The molecule has 0 spiro atoms. The van der Waals surface area contributed by atoms with Gasteiger partial charge in [-0.2, -0.15) is 0 Å². The van der Waals surface area contributed by atoms with Gasteiger partial charge in [0, 0.05) is 19.5 Å². The molecule has 0 aromatic heterocycles. The molecule has 0 rings (SSSR count). The van der Waals surface area contributed by atoms with E-state index in [1.807, 2.05) is 0 Å². The Kier molecular flexibility index (Phi) is 16.4. The molecule has 0 aromatic rings. The van der Waals surface area contributed by atoms with Crippen molar-refractivity contribution in [3.8, 4) is 0 Å². The average Bonchev–Trinajstić information content (AvgIpc) is 2.84. The molecule has 0 fully saturated rings. The van der Waals surface area contributed by atoms with Crippen LogP contribution in [0.5, 0.6) is 0 Å².